The van der Waals surface area contributed by atoms with E-state index in [0.717, 1.165) is 6.42 Å². The molecule has 0 bridgehead atoms. The summed E-state index contributed by atoms with van der Waals surface area (Å²) >= 11 is 4.03. The monoisotopic (exact) mass is 151 g/mol. The molecule has 53 valence electrons. The first-order valence-corrected chi connectivity index (χ1v) is 3.86. The van der Waals surface area contributed by atoms with Crippen LogP contribution in [0, 0.1) is 12.7 Å². The molecule has 0 saturated heterocycles. The van der Waals surface area contributed by atoms with Crippen molar-refractivity contribution in [1.82, 2.24) is 0 Å². The molecule has 0 spiro atoms. The first-order valence-electron chi connectivity index (χ1n) is 3.34. The van der Waals surface area contributed by atoms with Gasteiger partial charge in [-0.3, -0.25) is 0 Å². The summed E-state index contributed by atoms with van der Waals surface area (Å²) in [4.78, 5) is 0. The van der Waals surface area contributed by atoms with Crippen molar-refractivity contribution < 1.29 is 0 Å². The van der Waals surface area contributed by atoms with Crippen molar-refractivity contribution >= 4 is 12.6 Å². The van der Waals surface area contributed by atoms with Crippen molar-refractivity contribution in [1.29, 1.82) is 0 Å². The number of benzene rings is 1. The van der Waals surface area contributed by atoms with E-state index >= 15 is 0 Å². The predicted molar refractivity (Wildman–Crippen MR) is 48.2 cm³/mol. The van der Waals surface area contributed by atoms with Gasteiger partial charge in [-0.05, 0) is 18.9 Å². The second-order valence-electron chi connectivity index (χ2n) is 2.37. The molecule has 1 aromatic rings. The summed E-state index contributed by atoms with van der Waals surface area (Å²) in [5.74, 6) is 1.87. The van der Waals surface area contributed by atoms with Gasteiger partial charge in [-0.25, -0.2) is 0 Å². The number of hydrogen-bond acceptors (Lipinski definition) is 1. The molecule has 0 saturated carbocycles. The molecule has 0 aliphatic carbocycles. The Hall–Kier alpha value is -0.430. The summed E-state index contributed by atoms with van der Waals surface area (Å²) in [5.41, 5.74) is 2.63. The zero-order valence-corrected chi connectivity index (χ0v) is 6.94. The highest BCUT2D eigenvalue weighted by Gasteiger charge is 1.88. The topological polar surface area (TPSA) is 0 Å². The highest BCUT2D eigenvalue weighted by atomic mass is 32.1. The molecule has 0 aliphatic rings. The highest BCUT2D eigenvalue weighted by molar-refractivity contribution is 7.82. The van der Waals surface area contributed by atoms with Gasteiger partial charge in [0.05, 0.1) is 0 Å². The van der Waals surface area contributed by atoms with Crippen LogP contribution in [0.5, 0.6) is 0 Å². The van der Waals surface area contributed by atoms with E-state index in [9.17, 15) is 0 Å². The maximum Gasteiger partial charge on any atom is 0.0177 e. The number of rotatable bonds is 2. The number of aryl methyl sites for hydroxylation is 1. The Kier molecular flexibility index (Phi) is 2.82. The lowest BCUT2D eigenvalue weighted by Crippen LogP contribution is -1.81. The summed E-state index contributed by atoms with van der Waals surface area (Å²) in [6.45, 7) is 2.09. The summed E-state index contributed by atoms with van der Waals surface area (Å²) in [6, 6.07) is 8.49. The molecule has 0 aromatic heterocycles. The van der Waals surface area contributed by atoms with E-state index < -0.39 is 0 Å². The smallest absolute Gasteiger partial charge is 0.0177 e. The van der Waals surface area contributed by atoms with Crippen LogP contribution in [0.4, 0.5) is 0 Å². The summed E-state index contributed by atoms with van der Waals surface area (Å²) < 4.78 is 0. The second-order valence-corrected chi connectivity index (χ2v) is 2.74. The molecule has 0 nitrogen and oxygen atoms in total. The predicted octanol–water partition coefficient (Wildman–Crippen LogP) is 2.63. The van der Waals surface area contributed by atoms with Crippen molar-refractivity contribution in [2.24, 2.45) is 0 Å². The van der Waals surface area contributed by atoms with E-state index in [0.29, 0.717) is 0 Å². The molecule has 0 fully saturated rings. The van der Waals surface area contributed by atoms with Crippen molar-refractivity contribution in [3.05, 3.63) is 41.1 Å². The molecule has 0 N–H and O–H groups in total. The number of thiol groups is 1. The van der Waals surface area contributed by atoms with E-state index in [4.69, 9.17) is 0 Å². The number of hydrogen-bond donors (Lipinski definition) is 1. The van der Waals surface area contributed by atoms with E-state index in [1.807, 2.05) is 5.75 Å². The minimum atomic E-state index is 0.948. The zero-order valence-electron chi connectivity index (χ0n) is 6.04. The fourth-order valence-corrected chi connectivity index (χ4v) is 1.04. The van der Waals surface area contributed by atoms with E-state index in [1.165, 1.54) is 11.1 Å². The van der Waals surface area contributed by atoms with Crippen molar-refractivity contribution in [2.45, 2.75) is 13.3 Å². The fraction of sp³-hybridized carbons (Fsp3) is 0.222. The van der Waals surface area contributed by atoms with Gasteiger partial charge in [-0.1, -0.05) is 29.8 Å². The van der Waals surface area contributed by atoms with Crippen LogP contribution in [0.1, 0.15) is 11.1 Å². The first-order chi connectivity index (χ1) is 4.83. The second kappa shape index (κ2) is 3.67. The van der Waals surface area contributed by atoms with Gasteiger partial charge in [0.15, 0.2) is 0 Å². The average Bonchev–Trinajstić information content (AvgIpc) is 1.95. The Labute approximate surface area is 67.7 Å². The quantitative estimate of drug-likeness (QED) is 0.617. The van der Waals surface area contributed by atoms with Crippen LogP contribution in [-0.2, 0) is 6.42 Å². The molecular weight excluding hydrogens is 140 g/mol. The average molecular weight is 151 g/mol. The van der Waals surface area contributed by atoms with Crippen LogP contribution >= 0.6 is 12.6 Å². The van der Waals surface area contributed by atoms with Crippen LogP contribution in [0.25, 0.3) is 0 Å². The van der Waals surface area contributed by atoms with E-state index in [2.05, 4.69) is 43.8 Å². The van der Waals surface area contributed by atoms with Gasteiger partial charge in [0.25, 0.3) is 0 Å². The standard InChI is InChI=1S/C9H11S/c1-8-2-4-9(5-3-8)6-7-10/h2-5,7,10H,6H2,1H3. The molecule has 1 heteroatoms. The highest BCUT2D eigenvalue weighted by Crippen LogP contribution is 2.05. The molecule has 0 heterocycles. The lowest BCUT2D eigenvalue weighted by molar-refractivity contribution is 1.24. The maximum atomic E-state index is 4.03. The van der Waals surface area contributed by atoms with Crippen LogP contribution in [0.3, 0.4) is 0 Å². The van der Waals surface area contributed by atoms with Gasteiger partial charge in [0.1, 0.15) is 0 Å². The zero-order chi connectivity index (χ0) is 7.40. The molecule has 0 amide bonds. The maximum absolute atomic E-state index is 4.03. The van der Waals surface area contributed by atoms with Gasteiger partial charge in [-0.15, -0.1) is 0 Å². The molecular formula is C9H11S. The molecule has 1 rings (SSSR count). The van der Waals surface area contributed by atoms with E-state index in [1.54, 1.807) is 0 Å². The van der Waals surface area contributed by atoms with E-state index in [-0.39, 0.29) is 0 Å². The molecule has 1 aromatic carbocycles. The minimum absolute atomic E-state index is 0.948. The van der Waals surface area contributed by atoms with Crippen LogP contribution in [0.2, 0.25) is 0 Å². The van der Waals surface area contributed by atoms with Crippen LogP contribution in [-0.4, -0.2) is 0 Å². The summed E-state index contributed by atoms with van der Waals surface area (Å²) in [7, 11) is 0. The molecule has 0 unspecified atom stereocenters. The van der Waals surface area contributed by atoms with Crippen molar-refractivity contribution in [2.75, 3.05) is 0 Å². The van der Waals surface area contributed by atoms with Crippen LogP contribution < -0.4 is 0 Å². The van der Waals surface area contributed by atoms with Crippen molar-refractivity contribution in [3.63, 3.8) is 0 Å². The lowest BCUT2D eigenvalue weighted by atomic mass is 10.1. The van der Waals surface area contributed by atoms with Gasteiger partial charge in [-0.2, -0.15) is 12.6 Å². The Balaban J connectivity index is 2.69. The van der Waals surface area contributed by atoms with Crippen LogP contribution in [0.15, 0.2) is 24.3 Å². The Morgan fingerprint density at radius 2 is 1.90 bits per heavy atom. The third kappa shape index (κ3) is 2.07. The van der Waals surface area contributed by atoms with Gasteiger partial charge >= 0.3 is 0 Å². The molecule has 10 heavy (non-hydrogen) atoms. The summed E-state index contributed by atoms with van der Waals surface area (Å²) in [6.07, 6.45) is 0.948. The Morgan fingerprint density at radius 1 is 1.30 bits per heavy atom. The fourth-order valence-electron chi connectivity index (χ4n) is 0.830. The Morgan fingerprint density at radius 3 is 2.40 bits per heavy atom. The molecule has 1 radical (unpaired) electrons. The SMILES string of the molecule is Cc1ccc(C[CH]S)cc1. The summed E-state index contributed by atoms with van der Waals surface area (Å²) in [5, 5.41) is 0. The lowest BCUT2D eigenvalue weighted by Gasteiger charge is -1.96. The third-order valence-corrected chi connectivity index (χ3v) is 1.63. The Bertz CT molecular complexity index is 188. The molecule has 0 atom stereocenters. The third-order valence-electron chi connectivity index (χ3n) is 1.45. The van der Waals surface area contributed by atoms with Crippen molar-refractivity contribution in [3.8, 4) is 0 Å². The molecule has 0 aliphatic heterocycles. The van der Waals surface area contributed by atoms with Gasteiger partial charge < -0.3 is 0 Å². The minimum Gasteiger partial charge on any atom is -0.174 e. The largest absolute Gasteiger partial charge is 0.174 e. The first kappa shape index (κ1) is 7.67. The van der Waals surface area contributed by atoms with Gasteiger partial charge in [0, 0.05) is 5.75 Å². The van der Waals surface area contributed by atoms with Gasteiger partial charge in [0.2, 0.25) is 0 Å². The normalized spacial score (nSPS) is 9.80.